The van der Waals surface area contributed by atoms with Gasteiger partial charge >= 0.3 is 0 Å². The van der Waals surface area contributed by atoms with Crippen LogP contribution >= 0.6 is 11.6 Å². The third-order valence-corrected chi connectivity index (χ3v) is 6.44. The molecule has 0 spiro atoms. The Morgan fingerprint density at radius 2 is 1.76 bits per heavy atom. The molecule has 1 heterocycles. The number of halogens is 1. The number of nitrogens with zero attached hydrogens (tertiary/aromatic N) is 2. The van der Waals surface area contributed by atoms with Gasteiger partial charge in [-0.3, -0.25) is 0 Å². The number of anilines is 1. The van der Waals surface area contributed by atoms with E-state index in [9.17, 15) is 8.42 Å². The van der Waals surface area contributed by atoms with Crippen molar-refractivity contribution in [3.8, 4) is 0 Å². The smallest absolute Gasteiger partial charge is 0.276 e. The minimum Gasteiger partial charge on any atom is -0.368 e. The number of rotatable bonds is 5. The van der Waals surface area contributed by atoms with Crippen LogP contribution in [0.5, 0.6) is 0 Å². The molecule has 0 unspecified atom stereocenters. The highest BCUT2D eigenvalue weighted by molar-refractivity contribution is 7.89. The monoisotopic (exact) mass is 428 g/mol. The van der Waals surface area contributed by atoms with Crippen LogP contribution in [0.4, 0.5) is 5.69 Å². The lowest BCUT2D eigenvalue weighted by atomic mass is 10.1. The predicted molar refractivity (Wildman–Crippen MR) is 118 cm³/mol. The minimum atomic E-state index is -3.79. The van der Waals surface area contributed by atoms with E-state index in [2.05, 4.69) is 20.1 Å². The van der Waals surface area contributed by atoms with Crippen molar-refractivity contribution in [2.24, 2.45) is 5.10 Å². The average Bonchev–Trinajstić information content (AvgIpc) is 2.75. The highest BCUT2D eigenvalue weighted by atomic mass is 35.5. The number of benzene rings is 3. The Bertz CT molecular complexity index is 1160. The molecule has 0 atom stereocenters. The highest BCUT2D eigenvalue weighted by Crippen LogP contribution is 2.26. The molecular weight excluding hydrogens is 408 g/mol. The molecule has 2 N–H and O–H groups in total. The SMILES string of the molecule is O=S(=O)(N/N=C\c1c(Cl)cccc1N1CCNCC1)c1ccc2ccccc2c1. The van der Waals surface area contributed by atoms with Crippen molar-refractivity contribution in [2.45, 2.75) is 4.90 Å². The molecule has 8 heteroatoms. The van der Waals surface area contributed by atoms with Crippen molar-refractivity contribution in [2.75, 3.05) is 31.1 Å². The molecule has 0 amide bonds. The Morgan fingerprint density at radius 3 is 2.55 bits per heavy atom. The van der Waals surface area contributed by atoms with Gasteiger partial charge in [-0.2, -0.15) is 13.5 Å². The zero-order valence-electron chi connectivity index (χ0n) is 15.7. The molecule has 1 aliphatic heterocycles. The first-order chi connectivity index (χ1) is 14.0. The second-order valence-electron chi connectivity index (χ2n) is 6.77. The van der Waals surface area contributed by atoms with Crippen LogP contribution in [0.25, 0.3) is 10.8 Å². The van der Waals surface area contributed by atoms with Crippen molar-refractivity contribution in [3.63, 3.8) is 0 Å². The fraction of sp³-hybridized carbons (Fsp3) is 0.190. The van der Waals surface area contributed by atoms with Crippen LogP contribution in [0.2, 0.25) is 5.02 Å². The number of fused-ring (bicyclic) bond motifs is 1. The second-order valence-corrected chi connectivity index (χ2v) is 8.84. The number of piperazine rings is 1. The summed E-state index contributed by atoms with van der Waals surface area (Å²) in [5.41, 5.74) is 1.63. The summed E-state index contributed by atoms with van der Waals surface area (Å²) in [4.78, 5) is 4.67. The molecular formula is C21H21ClN4O2S. The standard InChI is InChI=1S/C21H21ClN4O2S/c22-20-6-3-7-21(26-12-10-23-11-13-26)19(20)15-24-25-29(27,28)18-9-8-16-4-1-2-5-17(16)14-18/h1-9,14-15,23,25H,10-13H2/b24-15-. The molecule has 1 saturated heterocycles. The minimum absolute atomic E-state index is 0.162. The molecule has 0 aromatic heterocycles. The Balaban J connectivity index is 1.57. The first-order valence-corrected chi connectivity index (χ1v) is 11.2. The molecule has 0 radical (unpaired) electrons. The van der Waals surface area contributed by atoms with Gasteiger partial charge in [0.05, 0.1) is 16.1 Å². The van der Waals surface area contributed by atoms with E-state index < -0.39 is 10.0 Å². The Hall–Kier alpha value is -2.61. The maximum atomic E-state index is 12.7. The predicted octanol–water partition coefficient (Wildman–Crippen LogP) is 3.22. The summed E-state index contributed by atoms with van der Waals surface area (Å²) in [7, 11) is -3.79. The van der Waals surface area contributed by atoms with E-state index in [1.807, 2.05) is 36.4 Å². The Morgan fingerprint density at radius 1 is 1.00 bits per heavy atom. The first kappa shape index (κ1) is 19.7. The quantitative estimate of drug-likeness (QED) is 0.483. The van der Waals surface area contributed by atoms with Crippen LogP contribution in [0.15, 0.2) is 70.7 Å². The molecule has 3 aromatic carbocycles. The zero-order valence-corrected chi connectivity index (χ0v) is 17.2. The molecule has 0 saturated carbocycles. The van der Waals surface area contributed by atoms with E-state index in [0.717, 1.165) is 42.6 Å². The van der Waals surface area contributed by atoms with E-state index in [1.165, 1.54) is 6.21 Å². The molecule has 29 heavy (non-hydrogen) atoms. The van der Waals surface area contributed by atoms with Crippen LogP contribution in [-0.4, -0.2) is 40.8 Å². The normalized spacial score (nSPS) is 15.1. The summed E-state index contributed by atoms with van der Waals surface area (Å²) >= 11 is 6.37. The summed E-state index contributed by atoms with van der Waals surface area (Å²) in [5, 5.41) is 9.66. The average molecular weight is 429 g/mol. The first-order valence-electron chi connectivity index (χ1n) is 9.32. The fourth-order valence-electron chi connectivity index (χ4n) is 3.38. The van der Waals surface area contributed by atoms with Gasteiger partial charge in [-0.15, -0.1) is 0 Å². The molecule has 3 aromatic rings. The Kier molecular flexibility index (Phi) is 5.71. The van der Waals surface area contributed by atoms with Crippen LogP contribution in [0.1, 0.15) is 5.56 Å². The summed E-state index contributed by atoms with van der Waals surface area (Å²) < 4.78 is 25.3. The maximum absolute atomic E-state index is 12.7. The van der Waals surface area contributed by atoms with Gasteiger partial charge in [0.1, 0.15) is 0 Å². The lowest BCUT2D eigenvalue weighted by molar-refractivity contribution is 0.584. The van der Waals surface area contributed by atoms with Crippen molar-refractivity contribution >= 4 is 44.3 Å². The molecule has 6 nitrogen and oxygen atoms in total. The summed E-state index contributed by atoms with van der Waals surface area (Å²) in [6, 6.07) is 18.2. The van der Waals surface area contributed by atoms with Crippen molar-refractivity contribution in [3.05, 3.63) is 71.2 Å². The van der Waals surface area contributed by atoms with Crippen LogP contribution in [0.3, 0.4) is 0 Å². The number of sulfonamides is 1. The van der Waals surface area contributed by atoms with Crippen molar-refractivity contribution in [1.29, 1.82) is 0 Å². The lowest BCUT2D eigenvalue weighted by Gasteiger charge is -2.30. The molecule has 150 valence electrons. The molecule has 4 rings (SSSR count). The maximum Gasteiger partial charge on any atom is 0.276 e. The molecule has 1 aliphatic rings. The number of hydrazone groups is 1. The summed E-state index contributed by atoms with van der Waals surface area (Å²) in [6.07, 6.45) is 1.47. The van der Waals surface area contributed by atoms with E-state index in [-0.39, 0.29) is 4.90 Å². The van der Waals surface area contributed by atoms with Gasteiger partial charge in [-0.05, 0) is 35.0 Å². The number of hydrogen-bond donors (Lipinski definition) is 2. The van der Waals surface area contributed by atoms with Gasteiger partial charge in [0.2, 0.25) is 0 Å². The highest BCUT2D eigenvalue weighted by Gasteiger charge is 2.16. The summed E-state index contributed by atoms with van der Waals surface area (Å²) in [5.74, 6) is 0. The Labute approximate surface area is 175 Å². The second kappa shape index (κ2) is 8.41. The van der Waals surface area contributed by atoms with Gasteiger partial charge in [-0.1, -0.05) is 48.0 Å². The largest absolute Gasteiger partial charge is 0.368 e. The van der Waals surface area contributed by atoms with Crippen LogP contribution in [-0.2, 0) is 10.0 Å². The summed E-state index contributed by atoms with van der Waals surface area (Å²) in [6.45, 7) is 3.48. The van der Waals surface area contributed by atoms with Crippen molar-refractivity contribution < 1.29 is 8.42 Å². The van der Waals surface area contributed by atoms with E-state index in [4.69, 9.17) is 11.6 Å². The molecule has 1 fully saturated rings. The van der Waals surface area contributed by atoms with Crippen LogP contribution < -0.4 is 15.0 Å². The zero-order chi connectivity index (χ0) is 20.3. The number of nitrogens with one attached hydrogen (secondary N) is 2. The molecule has 0 bridgehead atoms. The van der Waals surface area contributed by atoms with Crippen molar-refractivity contribution in [1.82, 2.24) is 10.1 Å². The van der Waals surface area contributed by atoms with Gasteiger partial charge in [-0.25, -0.2) is 4.83 Å². The van der Waals surface area contributed by atoms with Gasteiger partial charge in [0.15, 0.2) is 0 Å². The van der Waals surface area contributed by atoms with Gasteiger partial charge in [0, 0.05) is 37.4 Å². The van der Waals surface area contributed by atoms with Gasteiger partial charge in [0.25, 0.3) is 10.0 Å². The third-order valence-electron chi connectivity index (χ3n) is 4.89. The number of hydrogen-bond acceptors (Lipinski definition) is 5. The van der Waals surface area contributed by atoms with E-state index in [0.29, 0.717) is 10.6 Å². The van der Waals surface area contributed by atoms with Crippen LogP contribution in [0, 0.1) is 0 Å². The van der Waals surface area contributed by atoms with E-state index >= 15 is 0 Å². The molecule has 0 aliphatic carbocycles. The lowest BCUT2D eigenvalue weighted by Crippen LogP contribution is -2.43. The fourth-order valence-corrected chi connectivity index (χ4v) is 4.43. The van der Waals surface area contributed by atoms with E-state index in [1.54, 1.807) is 24.3 Å². The topological polar surface area (TPSA) is 73.8 Å². The van der Waals surface area contributed by atoms with Gasteiger partial charge < -0.3 is 10.2 Å². The third kappa shape index (κ3) is 4.37.